The average molecular weight is 144 g/mol. The average Bonchev–Trinajstić information content (AvgIpc) is 1.95. The predicted molar refractivity (Wildman–Crippen MR) is 34.2 cm³/mol. The van der Waals surface area contributed by atoms with Crippen LogP contribution in [-0.2, 0) is 9.53 Å². The molecule has 0 aromatic rings. The Morgan fingerprint density at radius 2 is 2.30 bits per heavy atom. The highest BCUT2D eigenvalue weighted by molar-refractivity contribution is 5.38. The maximum absolute atomic E-state index is 12.4. The van der Waals surface area contributed by atoms with Crippen molar-refractivity contribution in [3.63, 3.8) is 0 Å². The zero-order valence-electron chi connectivity index (χ0n) is 5.50. The summed E-state index contributed by atoms with van der Waals surface area (Å²) in [6.45, 7) is 0.396. The SMILES string of the molecule is O=COC1C=CC(F)CC1. The largest absolute Gasteiger partial charge is 0.460 e. The second-order valence-electron chi connectivity index (χ2n) is 2.25. The van der Waals surface area contributed by atoms with Gasteiger partial charge in [-0.3, -0.25) is 4.79 Å². The molecule has 10 heavy (non-hydrogen) atoms. The summed E-state index contributed by atoms with van der Waals surface area (Å²) in [6.07, 6.45) is 3.00. The van der Waals surface area contributed by atoms with E-state index in [9.17, 15) is 9.18 Å². The summed E-state index contributed by atoms with van der Waals surface area (Å²) < 4.78 is 17.0. The summed E-state index contributed by atoms with van der Waals surface area (Å²) in [7, 11) is 0. The summed E-state index contributed by atoms with van der Waals surface area (Å²) >= 11 is 0. The number of ether oxygens (including phenoxy) is 1. The van der Waals surface area contributed by atoms with Crippen LogP contribution < -0.4 is 0 Å². The highest BCUT2D eigenvalue weighted by Crippen LogP contribution is 2.15. The number of hydrogen-bond acceptors (Lipinski definition) is 2. The minimum atomic E-state index is -0.855. The minimum Gasteiger partial charge on any atom is -0.460 e. The molecule has 0 aromatic carbocycles. The van der Waals surface area contributed by atoms with Gasteiger partial charge in [-0.05, 0) is 18.9 Å². The van der Waals surface area contributed by atoms with Crippen molar-refractivity contribution in [2.75, 3.05) is 0 Å². The second kappa shape index (κ2) is 3.34. The zero-order chi connectivity index (χ0) is 7.40. The fourth-order valence-electron chi connectivity index (χ4n) is 0.945. The van der Waals surface area contributed by atoms with Crippen molar-refractivity contribution >= 4 is 6.47 Å². The molecule has 0 heterocycles. The molecule has 0 N–H and O–H groups in total. The first-order valence-electron chi connectivity index (χ1n) is 3.24. The molecule has 1 aliphatic rings. The number of carbonyl (C=O) groups is 1. The summed E-state index contributed by atoms with van der Waals surface area (Å²) in [4.78, 5) is 9.80. The van der Waals surface area contributed by atoms with Crippen LogP contribution in [0.15, 0.2) is 12.2 Å². The zero-order valence-corrected chi connectivity index (χ0v) is 5.50. The molecular weight excluding hydrogens is 135 g/mol. The van der Waals surface area contributed by atoms with E-state index in [4.69, 9.17) is 0 Å². The van der Waals surface area contributed by atoms with Crippen LogP contribution in [0.1, 0.15) is 12.8 Å². The number of allylic oxidation sites excluding steroid dienone is 1. The van der Waals surface area contributed by atoms with Crippen LogP contribution in [0.4, 0.5) is 4.39 Å². The molecule has 1 aliphatic carbocycles. The Bertz CT molecular complexity index is 145. The van der Waals surface area contributed by atoms with Crippen molar-refractivity contribution in [2.24, 2.45) is 0 Å². The van der Waals surface area contributed by atoms with Crippen LogP contribution in [0.25, 0.3) is 0 Å². The molecule has 0 aliphatic heterocycles. The first-order chi connectivity index (χ1) is 4.83. The van der Waals surface area contributed by atoms with Crippen molar-refractivity contribution in [1.29, 1.82) is 0 Å². The van der Waals surface area contributed by atoms with Crippen LogP contribution >= 0.6 is 0 Å². The van der Waals surface area contributed by atoms with Crippen LogP contribution in [0, 0.1) is 0 Å². The minimum absolute atomic E-state index is 0.204. The van der Waals surface area contributed by atoms with Crippen molar-refractivity contribution in [3.05, 3.63) is 12.2 Å². The molecule has 0 spiro atoms. The Kier molecular flexibility index (Phi) is 2.42. The summed E-state index contributed by atoms with van der Waals surface area (Å²) in [5, 5.41) is 0. The molecule has 56 valence electrons. The van der Waals surface area contributed by atoms with E-state index >= 15 is 0 Å². The number of hydrogen-bond donors (Lipinski definition) is 0. The number of halogens is 1. The fraction of sp³-hybridized carbons (Fsp3) is 0.571. The highest BCUT2D eigenvalue weighted by Gasteiger charge is 2.14. The van der Waals surface area contributed by atoms with Gasteiger partial charge in [0.25, 0.3) is 6.47 Å². The number of carbonyl (C=O) groups excluding carboxylic acids is 1. The Morgan fingerprint density at radius 3 is 2.80 bits per heavy atom. The third kappa shape index (κ3) is 1.83. The summed E-state index contributed by atoms with van der Waals surface area (Å²) in [5.41, 5.74) is 0. The number of rotatable bonds is 2. The van der Waals surface area contributed by atoms with Gasteiger partial charge in [0, 0.05) is 0 Å². The van der Waals surface area contributed by atoms with Gasteiger partial charge in [0.2, 0.25) is 0 Å². The molecule has 0 fully saturated rings. The molecular formula is C7H9FO2. The molecule has 3 heteroatoms. The van der Waals surface area contributed by atoms with Crippen molar-refractivity contribution in [3.8, 4) is 0 Å². The van der Waals surface area contributed by atoms with E-state index in [1.165, 1.54) is 6.08 Å². The van der Waals surface area contributed by atoms with E-state index in [0.29, 0.717) is 19.3 Å². The van der Waals surface area contributed by atoms with Gasteiger partial charge in [0.05, 0.1) is 0 Å². The maximum atomic E-state index is 12.4. The molecule has 2 unspecified atom stereocenters. The van der Waals surface area contributed by atoms with Crippen LogP contribution in [-0.4, -0.2) is 18.7 Å². The molecule has 1 rings (SSSR count). The summed E-state index contributed by atoms with van der Waals surface area (Å²) in [6, 6.07) is 0. The quantitative estimate of drug-likeness (QED) is 0.430. The van der Waals surface area contributed by atoms with E-state index in [0.717, 1.165) is 0 Å². The van der Waals surface area contributed by atoms with E-state index < -0.39 is 6.17 Å². The molecule has 0 amide bonds. The monoisotopic (exact) mass is 144 g/mol. The van der Waals surface area contributed by atoms with Crippen LogP contribution in [0.2, 0.25) is 0 Å². The molecule has 0 saturated carbocycles. The molecule has 0 radical (unpaired) electrons. The van der Waals surface area contributed by atoms with Gasteiger partial charge < -0.3 is 4.74 Å². The Labute approximate surface area is 58.7 Å². The van der Waals surface area contributed by atoms with Gasteiger partial charge >= 0.3 is 0 Å². The fourth-order valence-corrected chi connectivity index (χ4v) is 0.945. The van der Waals surface area contributed by atoms with Gasteiger partial charge in [0.1, 0.15) is 12.3 Å². The normalized spacial score (nSPS) is 31.7. The first-order valence-corrected chi connectivity index (χ1v) is 3.24. The standard InChI is InChI=1S/C7H9FO2/c8-6-1-3-7(4-2-6)10-5-9/h1,3,5-7H,2,4H2. The van der Waals surface area contributed by atoms with Crippen molar-refractivity contribution < 1.29 is 13.9 Å². The maximum Gasteiger partial charge on any atom is 0.293 e. The first kappa shape index (κ1) is 7.25. The summed E-state index contributed by atoms with van der Waals surface area (Å²) in [5.74, 6) is 0. The lowest BCUT2D eigenvalue weighted by Crippen LogP contribution is -2.16. The van der Waals surface area contributed by atoms with Gasteiger partial charge in [-0.15, -0.1) is 0 Å². The van der Waals surface area contributed by atoms with Gasteiger partial charge in [-0.25, -0.2) is 4.39 Å². The molecule has 0 saturated heterocycles. The van der Waals surface area contributed by atoms with E-state index in [-0.39, 0.29) is 6.10 Å². The Hall–Kier alpha value is -0.860. The van der Waals surface area contributed by atoms with E-state index in [1.807, 2.05) is 0 Å². The van der Waals surface area contributed by atoms with Gasteiger partial charge in [-0.2, -0.15) is 0 Å². The van der Waals surface area contributed by atoms with E-state index in [1.54, 1.807) is 6.08 Å². The lowest BCUT2D eigenvalue weighted by atomic mass is 10.0. The van der Waals surface area contributed by atoms with Crippen LogP contribution in [0.3, 0.4) is 0 Å². The van der Waals surface area contributed by atoms with Crippen molar-refractivity contribution in [1.82, 2.24) is 0 Å². The molecule has 0 bridgehead atoms. The number of alkyl halides is 1. The molecule has 0 aromatic heterocycles. The smallest absolute Gasteiger partial charge is 0.293 e. The predicted octanol–water partition coefficient (Wildman–Crippen LogP) is 1.22. The highest BCUT2D eigenvalue weighted by atomic mass is 19.1. The lowest BCUT2D eigenvalue weighted by Gasteiger charge is -2.15. The van der Waals surface area contributed by atoms with Gasteiger partial charge in [0.15, 0.2) is 0 Å². The topological polar surface area (TPSA) is 26.3 Å². The van der Waals surface area contributed by atoms with Crippen LogP contribution in [0.5, 0.6) is 0 Å². The second-order valence-corrected chi connectivity index (χ2v) is 2.25. The van der Waals surface area contributed by atoms with Crippen molar-refractivity contribution in [2.45, 2.75) is 25.1 Å². The lowest BCUT2D eigenvalue weighted by molar-refractivity contribution is -0.132. The Balaban J connectivity index is 2.37. The third-order valence-corrected chi connectivity index (χ3v) is 1.49. The van der Waals surface area contributed by atoms with E-state index in [2.05, 4.69) is 4.74 Å². The molecule has 2 nitrogen and oxygen atoms in total. The molecule has 2 atom stereocenters. The third-order valence-electron chi connectivity index (χ3n) is 1.49. The Morgan fingerprint density at radius 1 is 1.50 bits per heavy atom. The van der Waals surface area contributed by atoms with Gasteiger partial charge in [-0.1, -0.05) is 6.08 Å².